The van der Waals surface area contributed by atoms with Crippen molar-refractivity contribution < 1.29 is 58.4 Å². The summed E-state index contributed by atoms with van der Waals surface area (Å²) < 4.78 is 37.2. The van der Waals surface area contributed by atoms with Gasteiger partial charge in [-0.1, -0.05) is 27.7 Å². The summed E-state index contributed by atoms with van der Waals surface area (Å²) in [5.74, 6) is -3.74. The molecule has 17 atom stereocenters. The van der Waals surface area contributed by atoms with Crippen LogP contribution in [-0.2, 0) is 38.0 Å². The Morgan fingerprint density at radius 1 is 0.939 bits per heavy atom. The van der Waals surface area contributed by atoms with Gasteiger partial charge in [-0.15, -0.1) is 0 Å². The number of rotatable bonds is 7. The molecule has 0 bridgehead atoms. The summed E-state index contributed by atoms with van der Waals surface area (Å²) in [7, 11) is 5.23. The van der Waals surface area contributed by atoms with E-state index in [0.29, 0.717) is 12.8 Å². The van der Waals surface area contributed by atoms with Crippen molar-refractivity contribution in [1.82, 2.24) is 4.90 Å². The van der Waals surface area contributed by atoms with E-state index in [1.54, 1.807) is 48.5 Å². The number of esters is 1. The van der Waals surface area contributed by atoms with Gasteiger partial charge >= 0.3 is 5.97 Å². The summed E-state index contributed by atoms with van der Waals surface area (Å²) in [5, 5.41) is 45.6. The van der Waals surface area contributed by atoms with Gasteiger partial charge in [0.15, 0.2) is 12.6 Å². The van der Waals surface area contributed by atoms with E-state index in [9.17, 15) is 30.0 Å². The number of hydrogen-bond donors (Lipinski definition) is 4. The number of likely N-dealkylation sites (N-methyl/N-ethyl adjacent to an activating group) is 1. The first-order valence-electron chi connectivity index (χ1n) is 18.0. The van der Waals surface area contributed by atoms with Crippen LogP contribution in [-0.4, -0.2) is 137 Å². The van der Waals surface area contributed by atoms with Crippen LogP contribution >= 0.6 is 0 Å². The predicted octanol–water partition coefficient (Wildman–Crippen LogP) is 2.42. The third-order valence-electron chi connectivity index (χ3n) is 11.4. The Labute approximate surface area is 292 Å². The zero-order valence-corrected chi connectivity index (χ0v) is 31.7. The monoisotopic (exact) mass is 703 g/mol. The highest BCUT2D eigenvalue weighted by Crippen LogP contribution is 2.40. The zero-order chi connectivity index (χ0) is 37.2. The summed E-state index contributed by atoms with van der Waals surface area (Å²) >= 11 is 0. The second-order valence-corrected chi connectivity index (χ2v) is 15.8. The minimum absolute atomic E-state index is 0.0366. The van der Waals surface area contributed by atoms with Gasteiger partial charge < -0.3 is 53.7 Å². The van der Waals surface area contributed by atoms with Crippen molar-refractivity contribution in [3.05, 3.63) is 0 Å². The van der Waals surface area contributed by atoms with Gasteiger partial charge in [0, 0.05) is 43.7 Å². The molecule has 0 radical (unpaired) electrons. The fourth-order valence-electron chi connectivity index (χ4n) is 7.92. The second-order valence-electron chi connectivity index (χ2n) is 15.8. The molecule has 0 aromatic heterocycles. The Hall–Kier alpha value is -1.26. The Balaban J connectivity index is 2.13. The number of aliphatic hydroxyl groups excluding tert-OH is 3. The summed E-state index contributed by atoms with van der Waals surface area (Å²) in [6.45, 7) is 15.7. The lowest BCUT2D eigenvalue weighted by molar-refractivity contribution is -0.317. The number of aliphatic hydroxyl groups is 4. The molecule has 0 aromatic carbocycles. The molecule has 4 N–H and O–H groups in total. The molecule has 0 aliphatic carbocycles. The smallest absolute Gasteiger partial charge is 0.311 e. The topological polar surface area (TPSA) is 174 Å². The van der Waals surface area contributed by atoms with Crippen LogP contribution in [0.4, 0.5) is 0 Å². The maximum atomic E-state index is 14.0. The number of carbonyl (C=O) groups excluding carboxylic acids is 2. The van der Waals surface area contributed by atoms with Crippen molar-refractivity contribution >= 4 is 11.8 Å². The number of methoxy groups -OCH3 is 1. The van der Waals surface area contributed by atoms with Gasteiger partial charge in [0.05, 0.1) is 47.6 Å². The Morgan fingerprint density at radius 2 is 1.57 bits per heavy atom. The molecule has 0 amide bonds. The van der Waals surface area contributed by atoms with Gasteiger partial charge in [-0.3, -0.25) is 9.59 Å². The molecule has 3 aliphatic rings. The molecule has 3 aliphatic heterocycles. The van der Waals surface area contributed by atoms with E-state index >= 15 is 0 Å². The Morgan fingerprint density at radius 3 is 2.14 bits per heavy atom. The Kier molecular flexibility index (Phi) is 14.7. The van der Waals surface area contributed by atoms with Crippen molar-refractivity contribution in [3.63, 3.8) is 0 Å². The molecule has 3 saturated heterocycles. The molecular weight excluding hydrogens is 638 g/mol. The van der Waals surface area contributed by atoms with Crippen LogP contribution in [0.5, 0.6) is 0 Å². The molecular formula is C36H65NO12. The number of nitrogens with zero attached hydrogens (tertiary/aromatic N) is 1. The number of ether oxygens (including phenoxy) is 6. The fraction of sp³-hybridized carbons (Fsp3) is 0.944. The SMILES string of the molecule is CCC1OC(=O)C(C)C(OC2CC(C)(OC)C(O)C(C)O2)C(C)C(OC2OC(C)CC(N(C)C)C2O)C(C)(O)CC(C)C(=O)CC(O)C1C. The van der Waals surface area contributed by atoms with Crippen LogP contribution in [0.3, 0.4) is 0 Å². The maximum absolute atomic E-state index is 14.0. The van der Waals surface area contributed by atoms with Crippen LogP contribution in [0.25, 0.3) is 0 Å². The third-order valence-corrected chi connectivity index (χ3v) is 11.4. The normalized spacial score (nSPS) is 48.2. The van der Waals surface area contributed by atoms with E-state index in [1.807, 2.05) is 32.8 Å². The van der Waals surface area contributed by atoms with Gasteiger partial charge in [-0.05, 0) is 68.0 Å². The molecule has 17 unspecified atom stereocenters. The summed E-state index contributed by atoms with van der Waals surface area (Å²) in [4.78, 5) is 29.3. The van der Waals surface area contributed by atoms with Crippen molar-refractivity contribution in [2.45, 2.75) is 173 Å². The lowest BCUT2D eigenvalue weighted by atomic mass is 9.76. The second kappa shape index (κ2) is 17.0. The molecule has 13 heteroatoms. The van der Waals surface area contributed by atoms with Crippen molar-refractivity contribution in [2.24, 2.45) is 23.7 Å². The minimum atomic E-state index is -1.71. The van der Waals surface area contributed by atoms with Crippen LogP contribution in [0.15, 0.2) is 0 Å². The summed E-state index contributed by atoms with van der Waals surface area (Å²) in [5.41, 5.74) is -2.72. The Bertz CT molecular complexity index is 1090. The van der Waals surface area contributed by atoms with E-state index in [2.05, 4.69) is 0 Å². The largest absolute Gasteiger partial charge is 0.462 e. The van der Waals surface area contributed by atoms with Crippen molar-refractivity contribution in [1.29, 1.82) is 0 Å². The number of carbonyl (C=O) groups is 2. The first-order chi connectivity index (χ1) is 22.7. The van der Waals surface area contributed by atoms with Crippen LogP contribution < -0.4 is 0 Å². The number of ketones is 1. The molecule has 3 rings (SSSR count). The summed E-state index contributed by atoms with van der Waals surface area (Å²) in [6.07, 6.45) is -7.97. The molecule has 0 aromatic rings. The number of hydrogen-bond acceptors (Lipinski definition) is 13. The first-order valence-corrected chi connectivity index (χ1v) is 18.0. The lowest BCUT2D eigenvalue weighted by Gasteiger charge is -2.48. The van der Waals surface area contributed by atoms with E-state index in [1.165, 1.54) is 7.11 Å². The lowest BCUT2D eigenvalue weighted by Crippen LogP contribution is -2.60. The quantitative estimate of drug-likeness (QED) is 0.285. The summed E-state index contributed by atoms with van der Waals surface area (Å²) in [6, 6.07) is -0.293. The van der Waals surface area contributed by atoms with E-state index in [4.69, 9.17) is 28.4 Å². The van der Waals surface area contributed by atoms with Gasteiger partial charge in [0.2, 0.25) is 0 Å². The predicted molar refractivity (Wildman–Crippen MR) is 180 cm³/mol. The van der Waals surface area contributed by atoms with Gasteiger partial charge in [0.25, 0.3) is 0 Å². The average molecular weight is 704 g/mol. The molecule has 286 valence electrons. The molecule has 49 heavy (non-hydrogen) atoms. The highest BCUT2D eigenvalue weighted by atomic mass is 16.7. The molecule has 3 heterocycles. The van der Waals surface area contributed by atoms with Crippen LogP contribution in [0, 0.1) is 23.7 Å². The van der Waals surface area contributed by atoms with E-state index in [0.717, 1.165) is 0 Å². The molecule has 3 fully saturated rings. The standard InChI is InChI=1S/C36H65NO12/c1-13-27-20(4)26(39)15-25(38)18(2)16-35(8,43)32(49-34-29(40)24(37(10)11)14-19(3)45-34)21(5)30(22(6)33(42)47-27)48-28-17-36(9,44-12)31(41)23(7)46-28/h18-24,26-32,34,39-41,43H,13-17H2,1-12H3. The fourth-order valence-corrected chi connectivity index (χ4v) is 7.92. The van der Waals surface area contributed by atoms with Crippen molar-refractivity contribution in [2.75, 3.05) is 21.2 Å². The molecule has 0 saturated carbocycles. The van der Waals surface area contributed by atoms with Crippen LogP contribution in [0.2, 0.25) is 0 Å². The molecule has 0 spiro atoms. The third kappa shape index (κ3) is 9.79. The van der Waals surface area contributed by atoms with Gasteiger partial charge in [0.1, 0.15) is 24.1 Å². The zero-order valence-electron chi connectivity index (χ0n) is 31.7. The van der Waals surface area contributed by atoms with E-state index < -0.39 is 96.2 Å². The number of cyclic esters (lactones) is 1. The minimum Gasteiger partial charge on any atom is -0.462 e. The number of Topliss-reactive ketones (excluding diaryl/α,β-unsaturated/α-hetero) is 1. The average Bonchev–Trinajstić information content (AvgIpc) is 3.02. The van der Waals surface area contributed by atoms with E-state index in [-0.39, 0.29) is 37.2 Å². The highest BCUT2D eigenvalue weighted by molar-refractivity contribution is 5.81. The van der Waals surface area contributed by atoms with Gasteiger partial charge in [-0.2, -0.15) is 0 Å². The highest BCUT2D eigenvalue weighted by Gasteiger charge is 2.52. The first kappa shape index (κ1) is 42.2. The maximum Gasteiger partial charge on any atom is 0.311 e. The molecule has 13 nitrogen and oxygen atoms in total. The van der Waals surface area contributed by atoms with Crippen molar-refractivity contribution in [3.8, 4) is 0 Å². The van der Waals surface area contributed by atoms with Crippen LogP contribution in [0.1, 0.15) is 94.4 Å². The van der Waals surface area contributed by atoms with Gasteiger partial charge in [-0.25, -0.2) is 0 Å².